The molecule has 0 radical (unpaired) electrons. The topological polar surface area (TPSA) is 26.3 Å². The van der Waals surface area contributed by atoms with E-state index in [9.17, 15) is 18.0 Å². The Kier molecular flexibility index (Phi) is 3.42. The average molecular weight is 292 g/mol. The van der Waals surface area contributed by atoms with E-state index in [1.165, 1.54) is 6.92 Å². The minimum absolute atomic E-state index is 0.219. The second kappa shape index (κ2) is 4.38. The van der Waals surface area contributed by atoms with Crippen LogP contribution in [0, 0.1) is 16.7 Å². The number of halogens is 3. The maximum absolute atomic E-state index is 13.2. The number of ether oxygens (including phenoxy) is 1. The summed E-state index contributed by atoms with van der Waals surface area (Å²) in [7, 11) is 0. The molecule has 1 unspecified atom stereocenters. The lowest BCUT2D eigenvalue weighted by molar-refractivity contribution is -0.241. The normalized spacial score (nSPS) is 34.9. The van der Waals surface area contributed by atoms with Gasteiger partial charge >= 0.3 is 12.1 Å². The number of rotatable bonds is 3. The molecule has 0 aliphatic heterocycles. The molecule has 116 valence electrons. The highest BCUT2D eigenvalue weighted by molar-refractivity contribution is 5.78. The molecule has 0 aromatic carbocycles. The van der Waals surface area contributed by atoms with E-state index in [4.69, 9.17) is 4.74 Å². The predicted octanol–water partition coefficient (Wildman–Crippen LogP) is 4.48. The van der Waals surface area contributed by atoms with E-state index in [1.807, 2.05) is 13.8 Å². The fourth-order valence-electron chi connectivity index (χ4n) is 3.81. The summed E-state index contributed by atoms with van der Waals surface area (Å²) >= 11 is 0. The molecule has 0 amide bonds. The quantitative estimate of drug-likeness (QED) is 0.717. The van der Waals surface area contributed by atoms with Crippen molar-refractivity contribution in [3.05, 3.63) is 0 Å². The van der Waals surface area contributed by atoms with Crippen LogP contribution in [-0.2, 0) is 9.53 Å². The van der Waals surface area contributed by atoms with Crippen molar-refractivity contribution in [1.29, 1.82) is 0 Å². The molecule has 20 heavy (non-hydrogen) atoms. The van der Waals surface area contributed by atoms with Crippen molar-refractivity contribution in [3.8, 4) is 0 Å². The first-order valence-electron chi connectivity index (χ1n) is 7.30. The molecule has 0 aromatic rings. The molecule has 0 heterocycles. The lowest BCUT2D eigenvalue weighted by Gasteiger charge is -2.40. The van der Waals surface area contributed by atoms with Crippen LogP contribution in [0.1, 0.15) is 59.8 Å². The minimum Gasteiger partial charge on any atom is -0.458 e. The fraction of sp³-hybridized carbons (Fsp3) is 0.933. The molecule has 0 N–H and O–H groups in total. The molecule has 2 fully saturated rings. The summed E-state index contributed by atoms with van der Waals surface area (Å²) in [5.41, 5.74) is -3.32. The highest BCUT2D eigenvalue weighted by Crippen LogP contribution is 2.62. The van der Waals surface area contributed by atoms with E-state index < -0.39 is 23.2 Å². The summed E-state index contributed by atoms with van der Waals surface area (Å²) < 4.78 is 45.0. The Labute approximate surface area is 118 Å². The van der Waals surface area contributed by atoms with Crippen LogP contribution in [0.5, 0.6) is 0 Å². The van der Waals surface area contributed by atoms with Crippen LogP contribution in [-0.4, -0.2) is 17.7 Å². The SMILES string of the molecule is CCC(C)(C(=O)OC12CCC(CC1)C2(C)C)C(F)(F)F. The molecule has 2 bridgehead atoms. The van der Waals surface area contributed by atoms with Crippen LogP contribution in [0.25, 0.3) is 0 Å². The third kappa shape index (κ3) is 1.88. The van der Waals surface area contributed by atoms with Crippen molar-refractivity contribution in [2.75, 3.05) is 0 Å². The van der Waals surface area contributed by atoms with Gasteiger partial charge in [-0.15, -0.1) is 0 Å². The summed E-state index contributed by atoms with van der Waals surface area (Å²) in [6, 6.07) is 0. The van der Waals surface area contributed by atoms with E-state index in [-0.39, 0.29) is 11.8 Å². The van der Waals surface area contributed by atoms with Crippen molar-refractivity contribution in [2.45, 2.75) is 71.6 Å². The van der Waals surface area contributed by atoms with Gasteiger partial charge in [-0.1, -0.05) is 20.8 Å². The van der Waals surface area contributed by atoms with Crippen LogP contribution in [0.4, 0.5) is 13.2 Å². The molecule has 2 rings (SSSR count). The standard InChI is InChI=1S/C15H23F3O2/c1-5-13(4,15(16,17)18)11(19)20-14-8-6-10(7-9-14)12(14,2)3/h10H,5-9H2,1-4H3. The van der Waals surface area contributed by atoms with Crippen molar-refractivity contribution in [3.63, 3.8) is 0 Å². The third-order valence-electron chi connectivity index (χ3n) is 6.06. The van der Waals surface area contributed by atoms with Crippen LogP contribution in [0.2, 0.25) is 0 Å². The zero-order chi connectivity index (χ0) is 15.4. The lowest BCUT2D eigenvalue weighted by Crippen LogP contribution is -2.50. The number of esters is 1. The molecule has 2 nitrogen and oxygen atoms in total. The fourth-order valence-corrected chi connectivity index (χ4v) is 3.81. The van der Waals surface area contributed by atoms with E-state index in [1.54, 1.807) is 0 Å². The van der Waals surface area contributed by atoms with Gasteiger partial charge in [-0.3, -0.25) is 4.79 Å². The van der Waals surface area contributed by atoms with Crippen molar-refractivity contribution >= 4 is 5.97 Å². The molecule has 0 spiro atoms. The van der Waals surface area contributed by atoms with Crippen LogP contribution < -0.4 is 0 Å². The van der Waals surface area contributed by atoms with Gasteiger partial charge in [0.15, 0.2) is 5.41 Å². The van der Waals surface area contributed by atoms with Crippen molar-refractivity contribution in [1.82, 2.24) is 0 Å². The zero-order valence-corrected chi connectivity index (χ0v) is 12.6. The number of hydrogen-bond donors (Lipinski definition) is 0. The van der Waals surface area contributed by atoms with E-state index in [0.717, 1.165) is 19.8 Å². The largest absolute Gasteiger partial charge is 0.458 e. The highest BCUT2D eigenvalue weighted by atomic mass is 19.4. The summed E-state index contributed by atoms with van der Waals surface area (Å²) in [4.78, 5) is 12.2. The molecule has 5 heteroatoms. The Morgan fingerprint density at radius 1 is 1.25 bits per heavy atom. The van der Waals surface area contributed by atoms with E-state index in [0.29, 0.717) is 18.8 Å². The van der Waals surface area contributed by atoms with Crippen LogP contribution >= 0.6 is 0 Å². The maximum Gasteiger partial charge on any atom is 0.404 e. The Morgan fingerprint density at radius 2 is 1.75 bits per heavy atom. The number of carbonyl (C=O) groups is 1. The Bertz CT molecular complexity index is 406. The lowest BCUT2D eigenvalue weighted by atomic mass is 9.78. The van der Waals surface area contributed by atoms with Crippen LogP contribution in [0.15, 0.2) is 0 Å². The van der Waals surface area contributed by atoms with Crippen molar-refractivity contribution in [2.24, 2.45) is 16.7 Å². The predicted molar refractivity (Wildman–Crippen MR) is 69.0 cm³/mol. The molecular weight excluding hydrogens is 269 g/mol. The Balaban J connectivity index is 2.24. The number of carbonyl (C=O) groups excluding carboxylic acids is 1. The van der Waals surface area contributed by atoms with Gasteiger partial charge < -0.3 is 4.74 Å². The van der Waals surface area contributed by atoms with E-state index >= 15 is 0 Å². The summed E-state index contributed by atoms with van der Waals surface area (Å²) in [6.45, 7) is 6.35. The second-order valence-electron chi connectivity index (χ2n) is 7.06. The molecule has 1 atom stereocenters. The summed E-state index contributed by atoms with van der Waals surface area (Å²) in [6.07, 6.45) is -1.61. The average Bonchev–Trinajstić information content (AvgIpc) is 2.72. The number of alkyl halides is 3. The van der Waals surface area contributed by atoms with Gasteiger partial charge in [0, 0.05) is 5.41 Å². The molecular formula is C15H23F3O2. The van der Waals surface area contributed by atoms with Gasteiger partial charge in [0.25, 0.3) is 0 Å². The van der Waals surface area contributed by atoms with E-state index in [2.05, 4.69) is 0 Å². The van der Waals surface area contributed by atoms with Crippen LogP contribution in [0.3, 0.4) is 0 Å². The van der Waals surface area contributed by atoms with Gasteiger partial charge in [-0.25, -0.2) is 0 Å². The second-order valence-corrected chi connectivity index (χ2v) is 7.06. The first-order valence-corrected chi connectivity index (χ1v) is 7.30. The number of hydrogen-bond acceptors (Lipinski definition) is 2. The summed E-state index contributed by atoms with van der Waals surface area (Å²) in [5, 5.41) is 0. The molecule has 0 saturated heterocycles. The third-order valence-corrected chi connectivity index (χ3v) is 6.06. The molecule has 2 aliphatic rings. The highest BCUT2D eigenvalue weighted by Gasteiger charge is 2.64. The van der Waals surface area contributed by atoms with Gasteiger partial charge in [-0.05, 0) is 44.9 Å². The molecule has 0 aromatic heterocycles. The smallest absolute Gasteiger partial charge is 0.404 e. The minimum atomic E-state index is -4.57. The van der Waals surface area contributed by atoms with Crippen molar-refractivity contribution < 1.29 is 22.7 Å². The van der Waals surface area contributed by atoms with Gasteiger partial charge in [0.2, 0.25) is 0 Å². The van der Waals surface area contributed by atoms with Gasteiger partial charge in [-0.2, -0.15) is 13.2 Å². The van der Waals surface area contributed by atoms with Gasteiger partial charge in [0.05, 0.1) is 0 Å². The Hall–Kier alpha value is -0.740. The Morgan fingerprint density at radius 3 is 2.05 bits per heavy atom. The summed E-state index contributed by atoms with van der Waals surface area (Å²) in [5.74, 6) is -0.655. The number of fused-ring (bicyclic) bond motifs is 2. The zero-order valence-electron chi connectivity index (χ0n) is 12.6. The molecule has 2 aliphatic carbocycles. The maximum atomic E-state index is 13.2. The first-order chi connectivity index (χ1) is 9.00. The first kappa shape index (κ1) is 15.6. The molecule has 2 saturated carbocycles. The monoisotopic (exact) mass is 292 g/mol. The van der Waals surface area contributed by atoms with Gasteiger partial charge in [0.1, 0.15) is 5.60 Å².